The summed E-state index contributed by atoms with van der Waals surface area (Å²) in [7, 11) is 0. The molecule has 0 spiro atoms. The van der Waals surface area contributed by atoms with E-state index in [1.54, 1.807) is 0 Å². The van der Waals surface area contributed by atoms with Crippen LogP contribution in [-0.4, -0.2) is 29.9 Å². The molecule has 1 aliphatic rings. The first-order valence-electron chi connectivity index (χ1n) is 2.69. The van der Waals surface area contributed by atoms with Gasteiger partial charge in [0.25, 0.3) is 0 Å². The van der Waals surface area contributed by atoms with Crippen molar-refractivity contribution in [2.24, 2.45) is 0 Å². The second-order valence-corrected chi connectivity index (χ2v) is 2.57. The van der Waals surface area contributed by atoms with Gasteiger partial charge in [0.05, 0.1) is 5.38 Å². The van der Waals surface area contributed by atoms with Gasteiger partial charge in [-0.2, -0.15) is 0 Å². The Kier molecular flexibility index (Phi) is 1.55. The van der Waals surface area contributed by atoms with Crippen molar-refractivity contribution >= 4 is 11.6 Å². The van der Waals surface area contributed by atoms with Crippen LogP contribution in [0.15, 0.2) is 0 Å². The fourth-order valence-electron chi connectivity index (χ4n) is 0.765. The summed E-state index contributed by atoms with van der Waals surface area (Å²) < 4.78 is 0. The van der Waals surface area contributed by atoms with Gasteiger partial charge in [-0.3, -0.25) is 0 Å². The van der Waals surface area contributed by atoms with Gasteiger partial charge in [-0.25, -0.2) is 0 Å². The predicted octanol–water partition coefficient (Wildman–Crippen LogP) is 0.929. The topological polar surface area (TPSA) is 3.24 Å². The van der Waals surface area contributed by atoms with Gasteiger partial charge < -0.3 is 4.90 Å². The zero-order chi connectivity index (χ0) is 5.28. The predicted molar refractivity (Wildman–Crippen MR) is 31.8 cm³/mol. The number of nitrogens with zero attached hydrogens (tertiary/aromatic N) is 1. The van der Waals surface area contributed by atoms with Gasteiger partial charge in [0, 0.05) is 13.1 Å². The molecule has 0 aromatic rings. The molecule has 42 valence electrons. The number of rotatable bonds is 1. The molecule has 0 saturated carbocycles. The highest BCUT2D eigenvalue weighted by Gasteiger charge is 2.21. The third-order valence-electron chi connectivity index (χ3n) is 1.36. The van der Waals surface area contributed by atoms with Gasteiger partial charge in [-0.1, -0.05) is 6.92 Å². The number of likely N-dealkylation sites (tertiary alicyclic amines) is 1. The van der Waals surface area contributed by atoms with Crippen LogP contribution in [0.25, 0.3) is 0 Å². The van der Waals surface area contributed by atoms with Crippen molar-refractivity contribution in [2.45, 2.75) is 12.3 Å². The van der Waals surface area contributed by atoms with Gasteiger partial charge in [-0.05, 0) is 6.54 Å². The van der Waals surface area contributed by atoms with E-state index in [2.05, 4.69) is 11.8 Å². The molecule has 1 aliphatic heterocycles. The Hall–Kier alpha value is 0.250. The molecule has 0 aromatic heterocycles. The Bertz CT molecular complexity index is 59.1. The van der Waals surface area contributed by atoms with Gasteiger partial charge in [-0.15, -0.1) is 11.6 Å². The van der Waals surface area contributed by atoms with Crippen LogP contribution in [0.1, 0.15) is 6.92 Å². The fraction of sp³-hybridized carbons (Fsp3) is 1.00. The molecule has 0 amide bonds. The van der Waals surface area contributed by atoms with Gasteiger partial charge >= 0.3 is 0 Å². The highest BCUT2D eigenvalue weighted by atomic mass is 35.5. The Morgan fingerprint density at radius 3 is 2.43 bits per heavy atom. The summed E-state index contributed by atoms with van der Waals surface area (Å²) in [6.07, 6.45) is 0. The zero-order valence-electron chi connectivity index (χ0n) is 4.52. The maximum atomic E-state index is 5.68. The minimum Gasteiger partial charge on any atom is -0.301 e. The molecule has 7 heavy (non-hydrogen) atoms. The summed E-state index contributed by atoms with van der Waals surface area (Å²) in [4.78, 5) is 2.32. The van der Waals surface area contributed by atoms with E-state index in [1.165, 1.54) is 0 Å². The lowest BCUT2D eigenvalue weighted by atomic mass is 10.2. The third kappa shape index (κ3) is 1.07. The van der Waals surface area contributed by atoms with Crippen LogP contribution >= 0.6 is 11.6 Å². The molecule has 0 N–H and O–H groups in total. The largest absolute Gasteiger partial charge is 0.301 e. The van der Waals surface area contributed by atoms with Gasteiger partial charge in [0.15, 0.2) is 0 Å². The van der Waals surface area contributed by atoms with Crippen molar-refractivity contribution in [1.29, 1.82) is 0 Å². The average molecular weight is 120 g/mol. The van der Waals surface area contributed by atoms with Crippen molar-refractivity contribution < 1.29 is 0 Å². The number of hydrogen-bond acceptors (Lipinski definition) is 1. The van der Waals surface area contributed by atoms with Crippen LogP contribution in [0.3, 0.4) is 0 Å². The average Bonchev–Trinajstić information content (AvgIpc) is 1.58. The smallest absolute Gasteiger partial charge is 0.0590 e. The lowest BCUT2D eigenvalue weighted by molar-refractivity contribution is 0.198. The first kappa shape index (κ1) is 5.39. The number of alkyl halides is 1. The summed E-state index contributed by atoms with van der Waals surface area (Å²) in [5, 5.41) is 0.444. The normalized spacial score (nSPS) is 24.9. The van der Waals surface area contributed by atoms with E-state index in [-0.39, 0.29) is 0 Å². The molecule has 0 aliphatic carbocycles. The molecule has 1 heterocycles. The molecule has 0 bridgehead atoms. The van der Waals surface area contributed by atoms with E-state index in [0.717, 1.165) is 19.6 Å². The highest BCUT2D eigenvalue weighted by molar-refractivity contribution is 6.21. The molecule has 2 heteroatoms. The molecule has 1 nitrogen and oxygen atoms in total. The standard InChI is InChI=1S/C5H10ClN/c1-2-7-3-5(6)4-7/h5H,2-4H2,1H3. The molecule has 0 aromatic carbocycles. The molecule has 0 atom stereocenters. The zero-order valence-corrected chi connectivity index (χ0v) is 5.28. The van der Waals surface area contributed by atoms with Crippen LogP contribution in [0.2, 0.25) is 0 Å². The van der Waals surface area contributed by atoms with E-state index < -0.39 is 0 Å². The van der Waals surface area contributed by atoms with E-state index >= 15 is 0 Å². The molecule has 1 rings (SSSR count). The van der Waals surface area contributed by atoms with Crippen LogP contribution in [0.4, 0.5) is 0 Å². The van der Waals surface area contributed by atoms with Crippen LogP contribution in [-0.2, 0) is 0 Å². The van der Waals surface area contributed by atoms with Gasteiger partial charge in [0.1, 0.15) is 0 Å². The highest BCUT2D eigenvalue weighted by Crippen LogP contribution is 2.11. The minimum absolute atomic E-state index is 0.444. The van der Waals surface area contributed by atoms with Crippen LogP contribution in [0.5, 0.6) is 0 Å². The van der Waals surface area contributed by atoms with Crippen molar-refractivity contribution in [3.05, 3.63) is 0 Å². The quantitative estimate of drug-likeness (QED) is 0.465. The maximum absolute atomic E-state index is 5.68. The Labute approximate surface area is 49.3 Å². The van der Waals surface area contributed by atoms with Crippen molar-refractivity contribution in [2.75, 3.05) is 19.6 Å². The second kappa shape index (κ2) is 2.01. The van der Waals surface area contributed by atoms with Crippen molar-refractivity contribution in [3.63, 3.8) is 0 Å². The molecule has 0 radical (unpaired) electrons. The van der Waals surface area contributed by atoms with Crippen molar-refractivity contribution in [3.8, 4) is 0 Å². The second-order valence-electron chi connectivity index (χ2n) is 1.95. The molecule has 0 unspecified atom stereocenters. The summed E-state index contributed by atoms with van der Waals surface area (Å²) >= 11 is 5.68. The Morgan fingerprint density at radius 1 is 1.71 bits per heavy atom. The molecular weight excluding hydrogens is 110 g/mol. The van der Waals surface area contributed by atoms with E-state index in [1.807, 2.05) is 0 Å². The summed E-state index contributed by atoms with van der Waals surface area (Å²) in [5.41, 5.74) is 0. The van der Waals surface area contributed by atoms with E-state index in [9.17, 15) is 0 Å². The Balaban J connectivity index is 2.06. The first-order valence-corrected chi connectivity index (χ1v) is 3.13. The monoisotopic (exact) mass is 119 g/mol. The van der Waals surface area contributed by atoms with E-state index in [4.69, 9.17) is 11.6 Å². The summed E-state index contributed by atoms with van der Waals surface area (Å²) in [5.74, 6) is 0. The molecule has 1 saturated heterocycles. The number of hydrogen-bond donors (Lipinski definition) is 0. The van der Waals surface area contributed by atoms with Crippen LogP contribution in [0, 0.1) is 0 Å². The van der Waals surface area contributed by atoms with Gasteiger partial charge in [0.2, 0.25) is 0 Å². The lowest BCUT2D eigenvalue weighted by Gasteiger charge is -2.34. The third-order valence-corrected chi connectivity index (χ3v) is 1.64. The molecular formula is C5H10ClN. The van der Waals surface area contributed by atoms with E-state index in [0.29, 0.717) is 5.38 Å². The first-order chi connectivity index (χ1) is 3.33. The Morgan fingerprint density at radius 2 is 2.29 bits per heavy atom. The lowest BCUT2D eigenvalue weighted by Crippen LogP contribution is -2.47. The summed E-state index contributed by atoms with van der Waals surface area (Å²) in [6, 6.07) is 0. The number of halogens is 1. The summed E-state index contributed by atoms with van der Waals surface area (Å²) in [6.45, 7) is 5.50. The van der Waals surface area contributed by atoms with Crippen LogP contribution < -0.4 is 0 Å². The maximum Gasteiger partial charge on any atom is 0.0590 e. The molecule has 1 fully saturated rings. The fourth-order valence-corrected chi connectivity index (χ4v) is 1.16. The SMILES string of the molecule is CCN1CC(Cl)C1. The van der Waals surface area contributed by atoms with Crippen molar-refractivity contribution in [1.82, 2.24) is 4.90 Å². The minimum atomic E-state index is 0.444.